The van der Waals surface area contributed by atoms with Gasteiger partial charge in [0.15, 0.2) is 0 Å². The van der Waals surface area contributed by atoms with Crippen LogP contribution in [0.4, 0.5) is 10.1 Å². The van der Waals surface area contributed by atoms with Gasteiger partial charge in [-0.2, -0.15) is 0 Å². The Bertz CT molecular complexity index is 741. The fourth-order valence-corrected chi connectivity index (χ4v) is 2.84. The summed E-state index contributed by atoms with van der Waals surface area (Å²) in [6.45, 7) is 2.46. The van der Waals surface area contributed by atoms with Crippen molar-refractivity contribution >= 4 is 17.5 Å². The second-order valence-corrected chi connectivity index (χ2v) is 6.11. The number of anilines is 1. The Hall–Kier alpha value is -2.69. The van der Waals surface area contributed by atoms with Crippen LogP contribution in [-0.4, -0.2) is 24.4 Å². The van der Waals surface area contributed by atoms with Crippen LogP contribution in [0.2, 0.25) is 0 Å². The number of amides is 2. The number of carbonyl (C=O) groups excluding carboxylic acids is 2. The summed E-state index contributed by atoms with van der Waals surface area (Å²) in [4.78, 5) is 26.0. The Labute approximate surface area is 140 Å². The second-order valence-electron chi connectivity index (χ2n) is 6.11. The third kappa shape index (κ3) is 3.79. The van der Waals surface area contributed by atoms with Gasteiger partial charge >= 0.3 is 0 Å². The maximum atomic E-state index is 12.9. The van der Waals surface area contributed by atoms with Crippen LogP contribution < -0.4 is 10.2 Å². The highest BCUT2D eigenvalue weighted by atomic mass is 19.1. The van der Waals surface area contributed by atoms with Crippen LogP contribution >= 0.6 is 0 Å². The predicted molar refractivity (Wildman–Crippen MR) is 90.2 cm³/mol. The van der Waals surface area contributed by atoms with Gasteiger partial charge in [-0.25, -0.2) is 4.39 Å². The minimum Gasteiger partial charge on any atom is -0.351 e. The van der Waals surface area contributed by atoms with Gasteiger partial charge in [-0.15, -0.1) is 0 Å². The number of carbonyl (C=O) groups is 2. The predicted octanol–water partition coefficient (Wildman–Crippen LogP) is 2.60. The first-order valence-corrected chi connectivity index (χ1v) is 7.92. The molecular weight excluding hydrogens is 307 g/mol. The van der Waals surface area contributed by atoms with Crippen LogP contribution in [0, 0.1) is 12.7 Å². The number of rotatable bonds is 4. The zero-order chi connectivity index (χ0) is 17.1. The molecule has 1 N–H and O–H groups in total. The van der Waals surface area contributed by atoms with Crippen molar-refractivity contribution in [1.82, 2.24) is 5.32 Å². The summed E-state index contributed by atoms with van der Waals surface area (Å²) in [6, 6.07) is 13.4. The van der Waals surface area contributed by atoms with Crippen molar-refractivity contribution < 1.29 is 14.0 Å². The number of hydrogen-bond donors (Lipinski definition) is 1. The van der Waals surface area contributed by atoms with Gasteiger partial charge in [0.1, 0.15) is 5.82 Å². The summed E-state index contributed by atoms with van der Waals surface area (Å²) >= 11 is 0. The fourth-order valence-electron chi connectivity index (χ4n) is 2.84. The minimum atomic E-state index is -0.325. The lowest BCUT2D eigenvalue weighted by Gasteiger charge is -2.17. The van der Waals surface area contributed by atoms with Gasteiger partial charge in [0.25, 0.3) is 0 Å². The molecule has 1 atom stereocenters. The summed E-state index contributed by atoms with van der Waals surface area (Å²) in [5, 5.41) is 2.89. The summed E-state index contributed by atoms with van der Waals surface area (Å²) in [7, 11) is 0. The molecule has 0 saturated carbocycles. The standard InChI is InChI=1S/C19H19FN2O2/c1-13-2-8-17(9-3-13)22-12-16(11-19(22)24)21-18(23)10-14-4-6-15(20)7-5-14/h2-9,16H,10-12H2,1H3,(H,21,23). The number of benzene rings is 2. The molecule has 1 aliphatic rings. The summed E-state index contributed by atoms with van der Waals surface area (Å²) in [6.07, 6.45) is 0.471. The van der Waals surface area contributed by atoms with Crippen molar-refractivity contribution in [2.45, 2.75) is 25.8 Å². The van der Waals surface area contributed by atoms with E-state index in [1.807, 2.05) is 31.2 Å². The molecule has 0 bridgehead atoms. The van der Waals surface area contributed by atoms with Gasteiger partial charge < -0.3 is 10.2 Å². The highest BCUT2D eigenvalue weighted by Gasteiger charge is 2.31. The minimum absolute atomic E-state index is 0.00550. The zero-order valence-electron chi connectivity index (χ0n) is 13.5. The van der Waals surface area contributed by atoms with E-state index in [-0.39, 0.29) is 30.1 Å². The van der Waals surface area contributed by atoms with Gasteiger partial charge in [-0.05, 0) is 36.8 Å². The van der Waals surface area contributed by atoms with E-state index in [9.17, 15) is 14.0 Å². The van der Waals surface area contributed by atoms with E-state index in [4.69, 9.17) is 0 Å². The smallest absolute Gasteiger partial charge is 0.229 e. The SMILES string of the molecule is Cc1ccc(N2CC(NC(=O)Cc3ccc(F)cc3)CC2=O)cc1. The molecule has 4 nitrogen and oxygen atoms in total. The highest BCUT2D eigenvalue weighted by Crippen LogP contribution is 2.22. The number of halogens is 1. The summed E-state index contributed by atoms with van der Waals surface area (Å²) < 4.78 is 12.9. The van der Waals surface area contributed by atoms with E-state index in [1.165, 1.54) is 12.1 Å². The van der Waals surface area contributed by atoms with Gasteiger partial charge in [-0.3, -0.25) is 9.59 Å². The van der Waals surface area contributed by atoms with Crippen LogP contribution in [0.25, 0.3) is 0 Å². The van der Waals surface area contributed by atoms with Crippen LogP contribution in [0.5, 0.6) is 0 Å². The highest BCUT2D eigenvalue weighted by molar-refractivity contribution is 5.96. The molecule has 1 heterocycles. The Morgan fingerprint density at radius 2 is 1.83 bits per heavy atom. The summed E-state index contributed by atoms with van der Waals surface area (Å²) in [5.41, 5.74) is 2.73. The van der Waals surface area contributed by atoms with E-state index >= 15 is 0 Å². The van der Waals surface area contributed by atoms with Crippen LogP contribution in [0.3, 0.4) is 0 Å². The van der Waals surface area contributed by atoms with E-state index in [2.05, 4.69) is 5.32 Å². The average Bonchev–Trinajstić information content (AvgIpc) is 2.90. The molecule has 1 unspecified atom stereocenters. The lowest BCUT2D eigenvalue weighted by molar-refractivity contribution is -0.121. The molecule has 1 fully saturated rings. The maximum Gasteiger partial charge on any atom is 0.229 e. The van der Waals surface area contributed by atoms with E-state index in [0.717, 1.165) is 16.8 Å². The molecule has 0 spiro atoms. The summed E-state index contributed by atoms with van der Waals surface area (Å²) in [5.74, 6) is -0.481. The molecule has 124 valence electrons. The van der Waals surface area contributed by atoms with Crippen LogP contribution in [-0.2, 0) is 16.0 Å². The van der Waals surface area contributed by atoms with Crippen molar-refractivity contribution in [1.29, 1.82) is 0 Å². The Morgan fingerprint density at radius 3 is 2.50 bits per heavy atom. The molecule has 2 aromatic rings. The lowest BCUT2D eigenvalue weighted by atomic mass is 10.1. The topological polar surface area (TPSA) is 49.4 Å². The normalized spacial score (nSPS) is 17.2. The number of hydrogen-bond acceptors (Lipinski definition) is 2. The van der Waals surface area contributed by atoms with Gasteiger partial charge in [-0.1, -0.05) is 29.8 Å². The first-order valence-electron chi connectivity index (χ1n) is 7.92. The van der Waals surface area contributed by atoms with E-state index < -0.39 is 0 Å². The largest absolute Gasteiger partial charge is 0.351 e. The van der Waals surface area contributed by atoms with Crippen molar-refractivity contribution in [3.63, 3.8) is 0 Å². The molecule has 0 aliphatic carbocycles. The number of nitrogens with zero attached hydrogens (tertiary/aromatic N) is 1. The maximum absolute atomic E-state index is 12.9. The molecule has 1 saturated heterocycles. The molecule has 0 aromatic heterocycles. The molecule has 5 heteroatoms. The molecule has 24 heavy (non-hydrogen) atoms. The zero-order valence-corrected chi connectivity index (χ0v) is 13.5. The molecule has 0 radical (unpaired) electrons. The number of nitrogens with one attached hydrogen (secondary N) is 1. The fraction of sp³-hybridized carbons (Fsp3) is 0.263. The quantitative estimate of drug-likeness (QED) is 0.939. The average molecular weight is 326 g/mol. The van der Waals surface area contributed by atoms with E-state index in [1.54, 1.807) is 17.0 Å². The van der Waals surface area contributed by atoms with Crippen molar-refractivity contribution in [3.05, 3.63) is 65.5 Å². The first kappa shape index (κ1) is 16.2. The number of aryl methyl sites for hydroxylation is 1. The van der Waals surface area contributed by atoms with Crippen molar-refractivity contribution in [2.24, 2.45) is 0 Å². The lowest BCUT2D eigenvalue weighted by Crippen LogP contribution is -2.38. The molecule has 1 aliphatic heterocycles. The Kier molecular flexibility index (Phi) is 4.60. The monoisotopic (exact) mass is 326 g/mol. The molecule has 3 rings (SSSR count). The second kappa shape index (κ2) is 6.83. The molecule has 2 amide bonds. The first-order chi connectivity index (χ1) is 11.5. The van der Waals surface area contributed by atoms with Crippen LogP contribution in [0.15, 0.2) is 48.5 Å². The van der Waals surface area contributed by atoms with Gasteiger partial charge in [0, 0.05) is 18.7 Å². The third-order valence-corrected chi connectivity index (χ3v) is 4.11. The Balaban J connectivity index is 1.58. The van der Waals surface area contributed by atoms with Crippen LogP contribution in [0.1, 0.15) is 17.5 Å². The van der Waals surface area contributed by atoms with Gasteiger partial charge in [0.2, 0.25) is 11.8 Å². The van der Waals surface area contributed by atoms with E-state index in [0.29, 0.717) is 13.0 Å². The van der Waals surface area contributed by atoms with Crippen molar-refractivity contribution in [3.8, 4) is 0 Å². The third-order valence-electron chi connectivity index (χ3n) is 4.11. The van der Waals surface area contributed by atoms with Gasteiger partial charge in [0.05, 0.1) is 12.5 Å². The van der Waals surface area contributed by atoms with Crippen molar-refractivity contribution in [2.75, 3.05) is 11.4 Å². The Morgan fingerprint density at radius 1 is 1.17 bits per heavy atom. The molecule has 2 aromatic carbocycles. The molecular formula is C19H19FN2O2.